The van der Waals surface area contributed by atoms with Crippen molar-refractivity contribution in [1.82, 2.24) is 4.98 Å². The predicted molar refractivity (Wildman–Crippen MR) is 76.5 cm³/mol. The van der Waals surface area contributed by atoms with E-state index in [0.717, 1.165) is 12.4 Å². The molecule has 0 spiro atoms. The topological polar surface area (TPSA) is 74.7 Å². The van der Waals surface area contributed by atoms with Gasteiger partial charge in [-0.05, 0) is 37.3 Å². The summed E-state index contributed by atoms with van der Waals surface area (Å²) < 4.78 is 0. The molecule has 19 heavy (non-hydrogen) atoms. The van der Waals surface area contributed by atoms with Gasteiger partial charge in [-0.3, -0.25) is 0 Å². The van der Waals surface area contributed by atoms with Crippen molar-refractivity contribution in [3.63, 3.8) is 0 Å². The summed E-state index contributed by atoms with van der Waals surface area (Å²) in [6.45, 7) is 7.77. The number of oxime groups is 1. The molecule has 0 aromatic carbocycles. The SMILES string of the molecule is CC1CC(C)C(C)N(c2cc(/C(N)=N/O)ccn2)C1. The van der Waals surface area contributed by atoms with Crippen LogP contribution < -0.4 is 10.6 Å². The summed E-state index contributed by atoms with van der Waals surface area (Å²) in [5, 5.41) is 11.8. The minimum Gasteiger partial charge on any atom is -0.409 e. The number of nitrogens with two attached hydrogens (primary N) is 1. The molecule has 0 amide bonds. The number of hydrogen-bond donors (Lipinski definition) is 2. The van der Waals surface area contributed by atoms with E-state index in [9.17, 15) is 0 Å². The van der Waals surface area contributed by atoms with E-state index in [1.807, 2.05) is 6.07 Å². The van der Waals surface area contributed by atoms with Crippen LogP contribution in [0.3, 0.4) is 0 Å². The van der Waals surface area contributed by atoms with Gasteiger partial charge in [-0.25, -0.2) is 4.98 Å². The van der Waals surface area contributed by atoms with Crippen LogP contribution in [-0.2, 0) is 0 Å². The zero-order chi connectivity index (χ0) is 14.0. The highest BCUT2D eigenvalue weighted by atomic mass is 16.4. The molecule has 5 nitrogen and oxygen atoms in total. The lowest BCUT2D eigenvalue weighted by Crippen LogP contribution is -2.46. The van der Waals surface area contributed by atoms with Crippen molar-refractivity contribution in [2.75, 3.05) is 11.4 Å². The smallest absolute Gasteiger partial charge is 0.170 e. The van der Waals surface area contributed by atoms with E-state index in [4.69, 9.17) is 10.9 Å². The van der Waals surface area contributed by atoms with Gasteiger partial charge < -0.3 is 15.8 Å². The molecule has 0 bridgehead atoms. The summed E-state index contributed by atoms with van der Waals surface area (Å²) in [5.41, 5.74) is 6.34. The molecule has 0 aliphatic carbocycles. The molecular weight excluding hydrogens is 240 g/mol. The number of anilines is 1. The van der Waals surface area contributed by atoms with Crippen LogP contribution in [0.1, 0.15) is 32.8 Å². The van der Waals surface area contributed by atoms with E-state index < -0.39 is 0 Å². The minimum atomic E-state index is 0.120. The molecule has 0 saturated carbocycles. The van der Waals surface area contributed by atoms with Gasteiger partial charge in [-0.1, -0.05) is 19.0 Å². The third kappa shape index (κ3) is 2.80. The average molecular weight is 262 g/mol. The van der Waals surface area contributed by atoms with Crippen molar-refractivity contribution in [3.8, 4) is 0 Å². The van der Waals surface area contributed by atoms with Gasteiger partial charge in [0.2, 0.25) is 0 Å². The number of hydrogen-bond acceptors (Lipinski definition) is 4. The summed E-state index contributed by atoms with van der Waals surface area (Å²) in [6, 6.07) is 4.09. The molecule has 3 atom stereocenters. The zero-order valence-electron chi connectivity index (χ0n) is 11.7. The van der Waals surface area contributed by atoms with E-state index in [2.05, 4.69) is 35.8 Å². The van der Waals surface area contributed by atoms with Gasteiger partial charge in [0.25, 0.3) is 0 Å². The van der Waals surface area contributed by atoms with Gasteiger partial charge in [0.05, 0.1) is 0 Å². The summed E-state index contributed by atoms with van der Waals surface area (Å²) in [6.07, 6.45) is 2.96. The van der Waals surface area contributed by atoms with Crippen LogP contribution in [0.15, 0.2) is 23.5 Å². The molecule has 3 N–H and O–H groups in total. The largest absolute Gasteiger partial charge is 0.409 e. The number of aromatic nitrogens is 1. The fraction of sp³-hybridized carbons (Fsp3) is 0.571. The Labute approximate surface area is 114 Å². The maximum Gasteiger partial charge on any atom is 0.170 e. The fourth-order valence-corrected chi connectivity index (χ4v) is 2.81. The molecule has 1 aromatic rings. The quantitative estimate of drug-likeness (QED) is 0.370. The maximum absolute atomic E-state index is 8.75. The molecule has 1 fully saturated rings. The van der Waals surface area contributed by atoms with Crippen molar-refractivity contribution >= 4 is 11.7 Å². The third-order valence-electron chi connectivity index (χ3n) is 4.04. The maximum atomic E-state index is 8.75. The molecule has 3 unspecified atom stereocenters. The number of nitrogens with zero attached hydrogens (tertiary/aromatic N) is 3. The van der Waals surface area contributed by atoms with E-state index in [1.165, 1.54) is 6.42 Å². The average Bonchev–Trinajstić information content (AvgIpc) is 2.42. The number of pyridine rings is 1. The Bertz CT molecular complexity index is 474. The summed E-state index contributed by atoms with van der Waals surface area (Å²) in [7, 11) is 0. The zero-order valence-corrected chi connectivity index (χ0v) is 11.7. The Kier molecular flexibility index (Phi) is 3.93. The van der Waals surface area contributed by atoms with Crippen LogP contribution in [0.2, 0.25) is 0 Å². The van der Waals surface area contributed by atoms with Gasteiger partial charge in [-0.2, -0.15) is 0 Å². The van der Waals surface area contributed by atoms with Gasteiger partial charge in [0, 0.05) is 24.3 Å². The normalized spacial score (nSPS) is 28.5. The fourth-order valence-electron chi connectivity index (χ4n) is 2.81. The Morgan fingerprint density at radius 1 is 1.47 bits per heavy atom. The molecular formula is C14H22N4O. The van der Waals surface area contributed by atoms with E-state index in [0.29, 0.717) is 23.4 Å². The van der Waals surface area contributed by atoms with Crippen LogP contribution in [0, 0.1) is 11.8 Å². The standard InChI is InChI=1S/C14H22N4O/c1-9-6-10(2)11(3)18(8-9)13-7-12(4-5-16-13)14(15)17-19/h4-5,7,9-11,19H,6,8H2,1-3H3,(H2,15,17). The molecule has 5 heteroatoms. The molecule has 1 aliphatic heterocycles. The lowest BCUT2D eigenvalue weighted by molar-refractivity contribution is 0.295. The second kappa shape index (κ2) is 5.47. The Morgan fingerprint density at radius 2 is 2.21 bits per heavy atom. The highest BCUT2D eigenvalue weighted by molar-refractivity contribution is 5.97. The molecule has 1 saturated heterocycles. The first-order valence-electron chi connectivity index (χ1n) is 6.73. The predicted octanol–water partition coefficient (Wildman–Crippen LogP) is 2.05. The molecule has 2 heterocycles. The monoisotopic (exact) mass is 262 g/mol. The summed E-state index contributed by atoms with van der Waals surface area (Å²) in [5.74, 6) is 2.31. The van der Waals surface area contributed by atoms with E-state index in [1.54, 1.807) is 12.3 Å². The van der Waals surface area contributed by atoms with Crippen molar-refractivity contribution in [2.24, 2.45) is 22.7 Å². The van der Waals surface area contributed by atoms with Crippen molar-refractivity contribution in [1.29, 1.82) is 0 Å². The third-order valence-corrected chi connectivity index (χ3v) is 4.04. The molecule has 1 aromatic heterocycles. The van der Waals surface area contributed by atoms with Gasteiger partial charge in [0.1, 0.15) is 5.82 Å². The van der Waals surface area contributed by atoms with Crippen LogP contribution >= 0.6 is 0 Å². The Balaban J connectivity index is 2.30. The van der Waals surface area contributed by atoms with Crippen LogP contribution in [-0.4, -0.2) is 28.6 Å². The van der Waals surface area contributed by atoms with Gasteiger partial charge in [-0.15, -0.1) is 0 Å². The highest BCUT2D eigenvalue weighted by Gasteiger charge is 2.29. The lowest BCUT2D eigenvalue weighted by Gasteiger charge is -2.42. The Hall–Kier alpha value is -1.78. The van der Waals surface area contributed by atoms with Crippen LogP contribution in [0.25, 0.3) is 0 Å². The lowest BCUT2D eigenvalue weighted by atomic mass is 9.86. The van der Waals surface area contributed by atoms with Crippen molar-refractivity contribution in [2.45, 2.75) is 33.2 Å². The first-order valence-corrected chi connectivity index (χ1v) is 6.73. The second-order valence-electron chi connectivity index (χ2n) is 5.60. The minimum absolute atomic E-state index is 0.120. The number of rotatable bonds is 2. The van der Waals surface area contributed by atoms with E-state index >= 15 is 0 Å². The Morgan fingerprint density at radius 3 is 2.89 bits per heavy atom. The van der Waals surface area contributed by atoms with Crippen LogP contribution in [0.4, 0.5) is 5.82 Å². The highest BCUT2D eigenvalue weighted by Crippen LogP contribution is 2.30. The number of amidine groups is 1. The van der Waals surface area contributed by atoms with Gasteiger partial charge >= 0.3 is 0 Å². The first kappa shape index (κ1) is 13.6. The molecule has 2 rings (SSSR count). The summed E-state index contributed by atoms with van der Waals surface area (Å²) >= 11 is 0. The molecule has 0 radical (unpaired) electrons. The van der Waals surface area contributed by atoms with Crippen molar-refractivity contribution in [3.05, 3.63) is 23.9 Å². The van der Waals surface area contributed by atoms with Crippen LogP contribution in [0.5, 0.6) is 0 Å². The second-order valence-corrected chi connectivity index (χ2v) is 5.60. The number of piperidine rings is 1. The first-order chi connectivity index (χ1) is 9.02. The summed E-state index contributed by atoms with van der Waals surface area (Å²) in [4.78, 5) is 6.75. The van der Waals surface area contributed by atoms with E-state index in [-0.39, 0.29) is 5.84 Å². The molecule has 104 valence electrons. The van der Waals surface area contributed by atoms with Gasteiger partial charge in [0.15, 0.2) is 5.84 Å². The molecule has 1 aliphatic rings. The van der Waals surface area contributed by atoms with Crippen molar-refractivity contribution < 1.29 is 5.21 Å².